The van der Waals surface area contributed by atoms with Gasteiger partial charge in [-0.3, -0.25) is 5.10 Å². The first-order chi connectivity index (χ1) is 11.0. The third-order valence-electron chi connectivity index (χ3n) is 4.27. The number of hydrogen-bond donors (Lipinski definition) is 1. The summed E-state index contributed by atoms with van der Waals surface area (Å²) in [7, 11) is 0. The maximum atomic E-state index is 5.59. The molecule has 0 spiro atoms. The molecule has 3 aromatic rings. The van der Waals surface area contributed by atoms with Crippen LogP contribution in [0.15, 0.2) is 4.42 Å². The van der Waals surface area contributed by atoms with Crippen molar-refractivity contribution < 1.29 is 4.42 Å². The number of oxazole rings is 1. The normalized spacial score (nSPS) is 14.7. The summed E-state index contributed by atoms with van der Waals surface area (Å²) in [6.07, 6.45) is 0.927. The third kappa shape index (κ3) is 2.27. The van der Waals surface area contributed by atoms with E-state index in [1.807, 2.05) is 13.8 Å². The van der Waals surface area contributed by atoms with Gasteiger partial charge in [0.05, 0.1) is 5.69 Å². The molecule has 0 saturated heterocycles. The van der Waals surface area contributed by atoms with Gasteiger partial charge in [-0.1, -0.05) is 13.8 Å². The summed E-state index contributed by atoms with van der Waals surface area (Å²) in [4.78, 5) is 15.7. The summed E-state index contributed by atoms with van der Waals surface area (Å²) in [6.45, 7) is 9.73. The van der Waals surface area contributed by atoms with E-state index in [9.17, 15) is 0 Å². The largest absolute Gasteiger partial charge is 0.422 e. The van der Waals surface area contributed by atoms with Crippen molar-refractivity contribution in [3.8, 4) is 0 Å². The predicted molar refractivity (Wildman–Crippen MR) is 86.5 cm³/mol. The van der Waals surface area contributed by atoms with Gasteiger partial charge in [0.2, 0.25) is 0 Å². The van der Waals surface area contributed by atoms with E-state index in [2.05, 4.69) is 43.9 Å². The van der Waals surface area contributed by atoms with Crippen LogP contribution < -0.4 is 4.90 Å². The Labute approximate surface area is 134 Å². The maximum absolute atomic E-state index is 5.59. The van der Waals surface area contributed by atoms with Crippen molar-refractivity contribution in [1.82, 2.24) is 25.1 Å². The van der Waals surface area contributed by atoms with Crippen LogP contribution in [0.5, 0.6) is 0 Å². The molecule has 1 aliphatic rings. The highest BCUT2D eigenvalue weighted by Gasteiger charge is 2.26. The number of fused-ring (bicyclic) bond motifs is 2. The second kappa shape index (κ2) is 5.04. The van der Waals surface area contributed by atoms with Crippen molar-refractivity contribution in [3.05, 3.63) is 28.7 Å². The van der Waals surface area contributed by atoms with E-state index in [0.29, 0.717) is 23.3 Å². The standard InChI is InChI=1S/C16H20N6O/c1-8(2)13-11-7-22(6-5-12(11)20-21-13)15-14-16(18-9(3)17-15)23-10(4)19-14/h8H,5-7H2,1-4H3,(H,20,21). The first kappa shape index (κ1) is 14.2. The Bertz CT molecular complexity index is 878. The molecule has 120 valence electrons. The Morgan fingerprint density at radius 3 is 2.78 bits per heavy atom. The monoisotopic (exact) mass is 312 g/mol. The first-order valence-electron chi connectivity index (χ1n) is 7.95. The van der Waals surface area contributed by atoms with Crippen LogP contribution in [0, 0.1) is 13.8 Å². The van der Waals surface area contributed by atoms with Crippen LogP contribution in [0.3, 0.4) is 0 Å². The average molecular weight is 312 g/mol. The van der Waals surface area contributed by atoms with Gasteiger partial charge in [0.1, 0.15) is 5.82 Å². The molecular formula is C16H20N6O. The molecule has 7 heteroatoms. The Hall–Kier alpha value is -2.44. The Kier molecular flexibility index (Phi) is 3.11. The lowest BCUT2D eigenvalue weighted by molar-refractivity contribution is 0.550. The quantitative estimate of drug-likeness (QED) is 0.783. The number of rotatable bonds is 2. The zero-order valence-electron chi connectivity index (χ0n) is 13.8. The van der Waals surface area contributed by atoms with Crippen molar-refractivity contribution in [1.29, 1.82) is 0 Å². The lowest BCUT2D eigenvalue weighted by Gasteiger charge is -2.28. The summed E-state index contributed by atoms with van der Waals surface area (Å²) in [5, 5.41) is 7.68. The number of hydrogen-bond acceptors (Lipinski definition) is 6. The molecule has 4 rings (SSSR count). The summed E-state index contributed by atoms with van der Waals surface area (Å²) in [5.41, 5.74) is 4.97. The summed E-state index contributed by atoms with van der Waals surface area (Å²) >= 11 is 0. The molecule has 0 saturated carbocycles. The van der Waals surface area contributed by atoms with Crippen molar-refractivity contribution in [2.75, 3.05) is 11.4 Å². The lowest BCUT2D eigenvalue weighted by atomic mass is 9.99. The van der Waals surface area contributed by atoms with Crippen LogP contribution in [-0.2, 0) is 13.0 Å². The number of anilines is 1. The minimum Gasteiger partial charge on any atom is -0.422 e. The predicted octanol–water partition coefficient (Wildman–Crippen LogP) is 2.64. The van der Waals surface area contributed by atoms with E-state index >= 15 is 0 Å². The molecule has 1 aliphatic heterocycles. The fourth-order valence-electron chi connectivity index (χ4n) is 3.21. The number of aromatic amines is 1. The summed E-state index contributed by atoms with van der Waals surface area (Å²) in [5.74, 6) is 2.57. The Morgan fingerprint density at radius 2 is 2.00 bits per heavy atom. The van der Waals surface area contributed by atoms with E-state index in [1.165, 1.54) is 11.3 Å². The zero-order chi connectivity index (χ0) is 16.1. The fourth-order valence-corrected chi connectivity index (χ4v) is 3.21. The molecule has 4 heterocycles. The first-order valence-corrected chi connectivity index (χ1v) is 7.95. The zero-order valence-corrected chi connectivity index (χ0v) is 13.8. The number of aryl methyl sites for hydroxylation is 2. The van der Waals surface area contributed by atoms with Gasteiger partial charge in [0.15, 0.2) is 17.2 Å². The van der Waals surface area contributed by atoms with Gasteiger partial charge in [0, 0.05) is 37.7 Å². The molecule has 1 N–H and O–H groups in total. The number of aromatic nitrogens is 5. The molecule has 0 fully saturated rings. The number of H-pyrrole nitrogens is 1. The van der Waals surface area contributed by atoms with Crippen molar-refractivity contribution in [2.24, 2.45) is 0 Å². The lowest BCUT2D eigenvalue weighted by Crippen LogP contribution is -2.31. The Balaban J connectivity index is 1.79. The minimum atomic E-state index is 0.399. The number of nitrogens with zero attached hydrogens (tertiary/aromatic N) is 5. The Morgan fingerprint density at radius 1 is 1.17 bits per heavy atom. The van der Waals surface area contributed by atoms with Crippen LogP contribution in [0.25, 0.3) is 11.2 Å². The fraction of sp³-hybridized carbons (Fsp3) is 0.500. The summed E-state index contributed by atoms with van der Waals surface area (Å²) < 4.78 is 5.59. The van der Waals surface area contributed by atoms with Crippen LogP contribution in [0.1, 0.15) is 48.4 Å². The average Bonchev–Trinajstić information content (AvgIpc) is 3.07. The van der Waals surface area contributed by atoms with Crippen LogP contribution in [-0.4, -0.2) is 31.7 Å². The van der Waals surface area contributed by atoms with Gasteiger partial charge in [-0.2, -0.15) is 10.1 Å². The topological polar surface area (TPSA) is 83.7 Å². The molecule has 0 radical (unpaired) electrons. The molecular weight excluding hydrogens is 292 g/mol. The van der Waals surface area contributed by atoms with Crippen molar-refractivity contribution in [2.45, 2.75) is 46.6 Å². The van der Waals surface area contributed by atoms with Gasteiger partial charge in [-0.25, -0.2) is 9.97 Å². The third-order valence-corrected chi connectivity index (χ3v) is 4.27. The van der Waals surface area contributed by atoms with Gasteiger partial charge >= 0.3 is 0 Å². The second-order valence-electron chi connectivity index (χ2n) is 6.37. The van der Waals surface area contributed by atoms with Crippen molar-refractivity contribution >= 4 is 17.0 Å². The van der Waals surface area contributed by atoms with E-state index < -0.39 is 0 Å². The molecule has 7 nitrogen and oxygen atoms in total. The van der Waals surface area contributed by atoms with Crippen LogP contribution in [0.4, 0.5) is 5.82 Å². The second-order valence-corrected chi connectivity index (χ2v) is 6.37. The van der Waals surface area contributed by atoms with Gasteiger partial charge < -0.3 is 9.32 Å². The van der Waals surface area contributed by atoms with Gasteiger partial charge in [0.25, 0.3) is 5.71 Å². The molecule has 0 bridgehead atoms. The van der Waals surface area contributed by atoms with E-state index in [0.717, 1.165) is 36.5 Å². The molecule has 3 aromatic heterocycles. The molecule has 0 unspecified atom stereocenters. The highest BCUT2D eigenvalue weighted by molar-refractivity contribution is 5.82. The number of nitrogens with one attached hydrogen (secondary N) is 1. The van der Waals surface area contributed by atoms with Crippen molar-refractivity contribution in [3.63, 3.8) is 0 Å². The smallest absolute Gasteiger partial charge is 0.252 e. The SMILES string of the molecule is Cc1nc(N2CCc3[nH]nc(C(C)C)c3C2)c2nc(C)oc2n1. The van der Waals surface area contributed by atoms with E-state index in [1.54, 1.807) is 0 Å². The molecule has 0 atom stereocenters. The molecule has 0 amide bonds. The van der Waals surface area contributed by atoms with E-state index in [-0.39, 0.29) is 0 Å². The minimum absolute atomic E-state index is 0.399. The highest BCUT2D eigenvalue weighted by Crippen LogP contribution is 2.31. The van der Waals surface area contributed by atoms with Crippen LogP contribution >= 0.6 is 0 Å². The highest BCUT2D eigenvalue weighted by atomic mass is 16.4. The van der Waals surface area contributed by atoms with E-state index in [4.69, 9.17) is 4.42 Å². The van der Waals surface area contributed by atoms with Gasteiger partial charge in [-0.15, -0.1) is 0 Å². The molecule has 0 aliphatic carbocycles. The summed E-state index contributed by atoms with van der Waals surface area (Å²) in [6, 6.07) is 0. The van der Waals surface area contributed by atoms with Gasteiger partial charge in [-0.05, 0) is 12.8 Å². The molecule has 23 heavy (non-hydrogen) atoms. The van der Waals surface area contributed by atoms with Crippen LogP contribution in [0.2, 0.25) is 0 Å². The maximum Gasteiger partial charge on any atom is 0.252 e. The molecule has 0 aromatic carbocycles.